The van der Waals surface area contributed by atoms with Gasteiger partial charge in [-0.15, -0.1) is 0 Å². The Morgan fingerprint density at radius 3 is 2.39 bits per heavy atom. The molecule has 1 aliphatic heterocycles. The second-order valence-electron chi connectivity index (χ2n) is 5.72. The Balaban J connectivity index is 1.98. The maximum atomic E-state index is 12.5. The largest absolute Gasteiger partial charge is 0.338 e. The zero-order valence-electron chi connectivity index (χ0n) is 13.8. The summed E-state index contributed by atoms with van der Waals surface area (Å²) in [5.41, 5.74) is 1.68. The van der Waals surface area contributed by atoms with Crippen molar-refractivity contribution in [2.75, 3.05) is 45.0 Å². The fourth-order valence-electron chi connectivity index (χ4n) is 2.56. The van der Waals surface area contributed by atoms with Crippen LogP contribution in [0.1, 0.15) is 22.8 Å². The lowest BCUT2D eigenvalue weighted by Gasteiger charge is -2.28. The molecule has 1 aliphatic rings. The van der Waals surface area contributed by atoms with Gasteiger partial charge in [0.15, 0.2) is 0 Å². The van der Waals surface area contributed by atoms with Gasteiger partial charge in [0.05, 0.1) is 5.75 Å². The van der Waals surface area contributed by atoms with Crippen LogP contribution in [0.5, 0.6) is 0 Å². The van der Waals surface area contributed by atoms with Crippen molar-refractivity contribution in [2.24, 2.45) is 0 Å². The van der Waals surface area contributed by atoms with E-state index < -0.39 is 10.0 Å². The van der Waals surface area contributed by atoms with Crippen LogP contribution in [-0.2, 0) is 10.0 Å². The number of hydrogen-bond acceptors (Lipinski definition) is 4. The van der Waals surface area contributed by atoms with E-state index in [0.717, 1.165) is 5.56 Å². The van der Waals surface area contributed by atoms with Crippen LogP contribution in [-0.4, -0.2) is 68.6 Å². The van der Waals surface area contributed by atoms with Crippen LogP contribution in [0.3, 0.4) is 0 Å². The van der Waals surface area contributed by atoms with Crippen LogP contribution in [0.15, 0.2) is 24.3 Å². The summed E-state index contributed by atoms with van der Waals surface area (Å²) in [7, 11) is -3.31. The highest BCUT2D eigenvalue weighted by Crippen LogP contribution is 2.09. The van der Waals surface area contributed by atoms with Crippen molar-refractivity contribution >= 4 is 15.9 Å². The summed E-state index contributed by atoms with van der Waals surface area (Å²) in [5, 5.41) is 3.14. The highest BCUT2D eigenvalue weighted by atomic mass is 32.2. The molecule has 23 heavy (non-hydrogen) atoms. The number of amides is 1. The maximum Gasteiger partial charge on any atom is 0.253 e. The van der Waals surface area contributed by atoms with Gasteiger partial charge >= 0.3 is 0 Å². The zero-order chi connectivity index (χ0) is 16.9. The number of nitrogens with one attached hydrogen (secondary N) is 1. The molecule has 128 valence electrons. The molecule has 1 aromatic rings. The average Bonchev–Trinajstić information content (AvgIpc) is 2.56. The molecule has 0 aliphatic carbocycles. The smallest absolute Gasteiger partial charge is 0.253 e. The van der Waals surface area contributed by atoms with E-state index in [2.05, 4.69) is 5.32 Å². The van der Waals surface area contributed by atoms with E-state index in [9.17, 15) is 13.2 Å². The third kappa shape index (κ3) is 4.76. The molecule has 1 amide bonds. The van der Waals surface area contributed by atoms with Gasteiger partial charge in [0.25, 0.3) is 5.91 Å². The number of nitrogens with zero attached hydrogens (tertiary/aromatic N) is 2. The molecule has 0 saturated carbocycles. The number of benzene rings is 1. The monoisotopic (exact) mass is 339 g/mol. The first-order valence-corrected chi connectivity index (χ1v) is 9.59. The first kappa shape index (κ1) is 17.9. The highest BCUT2D eigenvalue weighted by molar-refractivity contribution is 7.89. The number of carbonyl (C=O) groups excluding carboxylic acids is 1. The average molecular weight is 339 g/mol. The van der Waals surface area contributed by atoms with Crippen molar-refractivity contribution in [2.45, 2.75) is 13.8 Å². The molecular formula is C16H25N3O3S. The lowest BCUT2D eigenvalue weighted by Crippen LogP contribution is -2.48. The van der Waals surface area contributed by atoms with Gasteiger partial charge in [0.2, 0.25) is 10.0 Å². The van der Waals surface area contributed by atoms with Gasteiger partial charge in [-0.05, 0) is 26.0 Å². The number of aryl methyl sites for hydroxylation is 1. The van der Waals surface area contributed by atoms with E-state index in [1.165, 1.54) is 4.31 Å². The molecule has 0 radical (unpaired) electrons. The summed E-state index contributed by atoms with van der Waals surface area (Å²) in [6.07, 6.45) is 0. The van der Waals surface area contributed by atoms with Crippen molar-refractivity contribution < 1.29 is 13.2 Å². The minimum Gasteiger partial charge on any atom is -0.338 e. The number of carbonyl (C=O) groups is 1. The molecule has 0 atom stereocenters. The summed E-state index contributed by atoms with van der Waals surface area (Å²) in [6.45, 7) is 6.90. The van der Waals surface area contributed by atoms with Crippen molar-refractivity contribution in [3.63, 3.8) is 0 Å². The molecule has 2 rings (SSSR count). The normalized spacial score (nSPS) is 16.3. The summed E-state index contributed by atoms with van der Waals surface area (Å²) in [6, 6.07) is 7.34. The predicted octanol–water partition coefficient (Wildman–Crippen LogP) is 0.692. The summed E-state index contributed by atoms with van der Waals surface area (Å²) in [4.78, 5) is 14.1. The number of hydrogen-bond donors (Lipinski definition) is 1. The first-order valence-electron chi connectivity index (χ1n) is 7.98. The molecular weight excluding hydrogens is 314 g/mol. The van der Waals surface area contributed by atoms with Gasteiger partial charge in [-0.1, -0.05) is 17.7 Å². The topological polar surface area (TPSA) is 69.7 Å². The van der Waals surface area contributed by atoms with E-state index >= 15 is 0 Å². The molecule has 6 nitrogen and oxygen atoms in total. The Hall–Kier alpha value is -1.44. The van der Waals surface area contributed by atoms with E-state index in [4.69, 9.17) is 0 Å². The van der Waals surface area contributed by atoms with Crippen LogP contribution in [0, 0.1) is 6.92 Å². The molecule has 1 heterocycles. The summed E-state index contributed by atoms with van der Waals surface area (Å²) >= 11 is 0. The number of rotatable bonds is 6. The summed E-state index contributed by atoms with van der Waals surface area (Å²) < 4.78 is 26.2. The first-order chi connectivity index (χ1) is 10.9. The van der Waals surface area contributed by atoms with Crippen molar-refractivity contribution in [1.29, 1.82) is 0 Å². The fourth-order valence-corrected chi connectivity index (χ4v) is 4.01. The fraction of sp³-hybridized carbons (Fsp3) is 0.562. The van der Waals surface area contributed by atoms with Crippen molar-refractivity contribution in [3.8, 4) is 0 Å². The van der Waals surface area contributed by atoms with Crippen LogP contribution in [0.2, 0.25) is 0 Å². The van der Waals surface area contributed by atoms with Gasteiger partial charge in [-0.25, -0.2) is 8.42 Å². The van der Waals surface area contributed by atoms with Crippen LogP contribution in [0.25, 0.3) is 0 Å². The van der Waals surface area contributed by atoms with Crippen LogP contribution >= 0.6 is 0 Å². The number of piperazine rings is 1. The van der Waals surface area contributed by atoms with Gasteiger partial charge in [-0.3, -0.25) is 4.79 Å². The second kappa shape index (κ2) is 7.90. The molecule has 0 aromatic heterocycles. The molecule has 0 spiro atoms. The zero-order valence-corrected chi connectivity index (χ0v) is 14.6. The van der Waals surface area contributed by atoms with Gasteiger partial charge < -0.3 is 10.2 Å². The maximum absolute atomic E-state index is 12.5. The van der Waals surface area contributed by atoms with Gasteiger partial charge in [0.1, 0.15) is 0 Å². The molecule has 0 bridgehead atoms. The third-order valence-electron chi connectivity index (χ3n) is 4.06. The van der Waals surface area contributed by atoms with E-state index in [1.54, 1.807) is 17.0 Å². The number of sulfonamides is 1. The second-order valence-corrected chi connectivity index (χ2v) is 7.80. The lowest BCUT2D eigenvalue weighted by molar-refractivity contribution is 0.0773. The molecule has 1 N–H and O–H groups in total. The van der Waals surface area contributed by atoms with Crippen molar-refractivity contribution in [1.82, 2.24) is 14.5 Å². The van der Waals surface area contributed by atoms with E-state index in [0.29, 0.717) is 38.3 Å². The van der Waals surface area contributed by atoms with Gasteiger partial charge in [0, 0.05) is 44.8 Å². The molecule has 7 heteroatoms. The third-order valence-corrected chi connectivity index (χ3v) is 5.91. The Morgan fingerprint density at radius 2 is 1.83 bits per heavy atom. The Morgan fingerprint density at radius 1 is 1.22 bits per heavy atom. The summed E-state index contributed by atoms with van der Waals surface area (Å²) in [5.74, 6) is -0.152. The molecule has 1 fully saturated rings. The lowest BCUT2D eigenvalue weighted by atomic mass is 10.1. The van der Waals surface area contributed by atoms with Crippen molar-refractivity contribution in [3.05, 3.63) is 35.4 Å². The van der Waals surface area contributed by atoms with Crippen LogP contribution in [0.4, 0.5) is 0 Å². The van der Waals surface area contributed by atoms with Gasteiger partial charge in [-0.2, -0.15) is 4.31 Å². The minimum atomic E-state index is -3.31. The SMILES string of the molecule is CCN(CCS(=O)(=O)N1CCNCC1)C(=O)c1ccc(C)cc1. The highest BCUT2D eigenvalue weighted by Gasteiger charge is 2.25. The Labute approximate surface area is 138 Å². The predicted molar refractivity (Wildman–Crippen MR) is 91.0 cm³/mol. The van der Waals surface area contributed by atoms with E-state index in [1.807, 2.05) is 26.0 Å². The minimum absolute atomic E-state index is 0.0293. The molecule has 1 saturated heterocycles. The Kier molecular flexibility index (Phi) is 6.15. The molecule has 1 aromatic carbocycles. The quantitative estimate of drug-likeness (QED) is 0.828. The standard InChI is InChI=1S/C16H25N3O3S/c1-3-18(16(20)15-6-4-14(2)5-7-15)12-13-23(21,22)19-10-8-17-9-11-19/h4-7,17H,3,8-13H2,1-2H3. The van der Waals surface area contributed by atoms with Crippen LogP contribution < -0.4 is 5.32 Å². The molecule has 0 unspecified atom stereocenters. The Bertz CT molecular complexity index is 622. The van der Waals surface area contributed by atoms with E-state index in [-0.39, 0.29) is 18.2 Å².